The second-order valence-electron chi connectivity index (χ2n) is 0. The molecule has 0 aliphatic carbocycles. The molecule has 0 saturated carbocycles. The summed E-state index contributed by atoms with van der Waals surface area (Å²) in [6, 6.07) is 0. The average Bonchev–Trinajstić information content (AvgIpc) is 0. The Balaban J connectivity index is 0. The van der Waals surface area contributed by atoms with E-state index >= 15 is 0 Å². The van der Waals surface area contributed by atoms with Crippen molar-refractivity contribution in [2.75, 3.05) is 0 Å². The SMILES string of the molecule is [AlH3].[BiH3].[GaH3].[H-].[H-].[H-].[InH3].[Li+].[Mg+2].[Mn].[SnH2]. The molecule has 0 aliphatic rings. The molecule has 0 atom stereocenters. The van der Waals surface area contributed by atoms with Crippen LogP contribution in [0, 0.1) is 0 Å². The topological polar surface area (TPSA) is 0 Å². The Hall–Kier alpha value is 5.60. The van der Waals surface area contributed by atoms with Crippen LogP contribution in [0.15, 0.2) is 0 Å². The van der Waals surface area contributed by atoms with Gasteiger partial charge in [-0.15, -0.1) is 0 Å². The van der Waals surface area contributed by atoms with Crippen molar-refractivity contribution >= 4 is 136 Å². The van der Waals surface area contributed by atoms with Crippen molar-refractivity contribution in [1.82, 2.24) is 0 Å². The molecule has 0 heterocycles. The van der Waals surface area contributed by atoms with Crippen molar-refractivity contribution in [3.8, 4) is 0 Å². The van der Waals surface area contributed by atoms with Gasteiger partial charge in [0, 0.05) is 17.1 Å². The van der Waals surface area contributed by atoms with Gasteiger partial charge >= 0.3 is 138 Å². The van der Waals surface area contributed by atoms with Crippen molar-refractivity contribution in [2.24, 2.45) is 0 Å². The Morgan fingerprint density at radius 1 is 1.12 bits per heavy atom. The predicted octanol–water partition coefficient (Wildman–Crippen LogP) is -8.69. The predicted molar refractivity (Wildman–Crippen MR) is 57.4 cm³/mol. The van der Waals surface area contributed by atoms with E-state index in [0.717, 1.165) is 0 Å². The second kappa shape index (κ2) is 54.0. The summed E-state index contributed by atoms with van der Waals surface area (Å²) in [5.41, 5.74) is 0. The Labute approximate surface area is 172 Å². The zero-order chi connectivity index (χ0) is 0. The number of hydrogen-bond acceptors (Lipinski definition) is 0. The molecule has 3 radical (unpaired) electrons. The standard InChI is InChI=1S/Al.Bi.Ga.In.Li.Mg.Mn.Sn.17H/q;;;;+1;+2;;;;;;;;;;;;;;;;;3*-1. The maximum absolute atomic E-state index is 0. The normalized spacial score (nSPS) is 0. The van der Waals surface area contributed by atoms with E-state index in [-0.39, 0.29) is 176 Å². The molecular formula is H17AlBiGaInLiMgMnSn. The molecule has 0 aromatic heterocycles. The quantitative estimate of drug-likeness (QED) is 0.231. The van der Waals surface area contributed by atoms with Crippen molar-refractivity contribution < 1.29 is 40.2 Å². The van der Waals surface area contributed by atoms with Gasteiger partial charge in [0.15, 0.2) is 17.4 Å². The summed E-state index contributed by atoms with van der Waals surface area (Å²) in [4.78, 5) is 0. The van der Waals surface area contributed by atoms with Crippen LogP contribution in [0.25, 0.3) is 0 Å². The molecule has 0 aromatic rings. The van der Waals surface area contributed by atoms with E-state index in [1.165, 1.54) is 0 Å². The summed E-state index contributed by atoms with van der Waals surface area (Å²) in [6.07, 6.45) is 0. The van der Waals surface area contributed by atoms with Gasteiger partial charge in [-0.3, -0.25) is 0 Å². The zero-order valence-corrected chi connectivity index (χ0v) is 15.6. The van der Waals surface area contributed by atoms with Crippen LogP contribution in [-0.2, 0) is 17.1 Å². The second-order valence-corrected chi connectivity index (χ2v) is 0. The first kappa shape index (κ1) is 68.8. The van der Waals surface area contributed by atoms with E-state index in [2.05, 4.69) is 0 Å². The fraction of sp³-hybridized carbons (Fsp3) is 0. The summed E-state index contributed by atoms with van der Waals surface area (Å²) in [7, 11) is 0. The van der Waals surface area contributed by atoms with Crippen LogP contribution < -0.4 is 18.9 Å². The minimum atomic E-state index is 0. The van der Waals surface area contributed by atoms with E-state index in [9.17, 15) is 0 Å². The molecule has 0 N–H and O–H groups in total. The molecule has 0 unspecified atom stereocenters. The van der Waals surface area contributed by atoms with Crippen LogP contribution in [0.4, 0.5) is 0 Å². The Kier molecular flexibility index (Phi) is 465. The number of hydrogen-bond donors (Lipinski definition) is 0. The van der Waals surface area contributed by atoms with Gasteiger partial charge < -0.3 is 4.28 Å². The number of rotatable bonds is 0. The average molecular weight is 643 g/mol. The maximum atomic E-state index is 0. The Bertz CT molecular complexity index is 33.3. The Morgan fingerprint density at radius 3 is 1.12 bits per heavy atom. The van der Waals surface area contributed by atoms with E-state index in [1.54, 1.807) is 0 Å². The van der Waals surface area contributed by atoms with E-state index < -0.39 is 0 Å². The van der Waals surface area contributed by atoms with Crippen molar-refractivity contribution in [3.05, 3.63) is 0 Å². The van der Waals surface area contributed by atoms with Gasteiger partial charge in [0.25, 0.3) is 0 Å². The summed E-state index contributed by atoms with van der Waals surface area (Å²) < 4.78 is 0. The van der Waals surface area contributed by atoms with E-state index in [4.69, 9.17) is 0 Å². The van der Waals surface area contributed by atoms with E-state index in [0.29, 0.717) is 0 Å². The molecule has 0 saturated heterocycles. The molecule has 0 fully saturated rings. The van der Waals surface area contributed by atoms with Crippen molar-refractivity contribution in [3.63, 3.8) is 0 Å². The van der Waals surface area contributed by atoms with Gasteiger partial charge in [0.2, 0.25) is 0 Å². The first-order valence-corrected chi connectivity index (χ1v) is 0. The molecule has 45 valence electrons. The van der Waals surface area contributed by atoms with Crippen LogP contribution in [0.2, 0.25) is 0 Å². The van der Waals surface area contributed by atoms with Gasteiger partial charge in [0.1, 0.15) is 0 Å². The molecule has 0 nitrogen and oxygen atoms in total. The summed E-state index contributed by atoms with van der Waals surface area (Å²) in [5, 5.41) is 0. The van der Waals surface area contributed by atoms with Gasteiger partial charge in [-0.1, -0.05) is 0 Å². The Morgan fingerprint density at radius 2 is 1.12 bits per heavy atom. The molecule has 0 amide bonds. The van der Waals surface area contributed by atoms with Crippen molar-refractivity contribution in [2.45, 2.75) is 0 Å². The molecule has 8 heteroatoms. The fourth-order valence-electron chi connectivity index (χ4n) is 0. The van der Waals surface area contributed by atoms with Crippen LogP contribution in [0.5, 0.6) is 0 Å². The van der Waals surface area contributed by atoms with Crippen LogP contribution in [0.1, 0.15) is 4.28 Å². The van der Waals surface area contributed by atoms with Crippen LogP contribution in [-0.4, -0.2) is 136 Å². The molecular weight excluding hydrogens is 625 g/mol. The van der Waals surface area contributed by atoms with Gasteiger partial charge in [-0.25, -0.2) is 0 Å². The summed E-state index contributed by atoms with van der Waals surface area (Å²) in [6.45, 7) is 0. The van der Waals surface area contributed by atoms with E-state index in [1.807, 2.05) is 0 Å². The fourth-order valence-corrected chi connectivity index (χ4v) is 0. The third-order valence-corrected chi connectivity index (χ3v) is 0. The summed E-state index contributed by atoms with van der Waals surface area (Å²) in [5.74, 6) is 0. The third kappa shape index (κ3) is 41.5. The van der Waals surface area contributed by atoms with Gasteiger partial charge in [-0.2, -0.15) is 0 Å². The molecule has 0 aliphatic heterocycles. The van der Waals surface area contributed by atoms with Crippen LogP contribution in [0.3, 0.4) is 0 Å². The summed E-state index contributed by atoms with van der Waals surface area (Å²) >= 11 is 0. The first-order valence-electron chi connectivity index (χ1n) is 0. The van der Waals surface area contributed by atoms with Gasteiger partial charge in [-0.05, 0) is 0 Å². The molecule has 0 aromatic carbocycles. The minimum absolute atomic E-state index is 0. The molecule has 8 heavy (non-hydrogen) atoms. The third-order valence-electron chi connectivity index (χ3n) is 0. The van der Waals surface area contributed by atoms with Crippen LogP contribution >= 0.6 is 0 Å². The van der Waals surface area contributed by atoms with Crippen molar-refractivity contribution in [1.29, 1.82) is 0 Å². The first-order chi connectivity index (χ1) is 0. The zero-order valence-electron chi connectivity index (χ0n) is 6.50. The monoisotopic (exact) mass is 643 g/mol. The van der Waals surface area contributed by atoms with Gasteiger partial charge in [0.05, 0.1) is 0 Å². The molecule has 0 rings (SSSR count). The molecule has 0 bridgehead atoms. The molecule has 0 spiro atoms.